The Bertz CT molecular complexity index is 1390. The van der Waals surface area contributed by atoms with Crippen LogP contribution >= 0.6 is 23.2 Å². The minimum absolute atomic E-state index is 0.112. The number of imidazole rings is 1. The summed E-state index contributed by atoms with van der Waals surface area (Å²) >= 11 is 12.7. The van der Waals surface area contributed by atoms with Crippen molar-refractivity contribution in [3.63, 3.8) is 0 Å². The molecular weight excluding hydrogens is 473 g/mol. The molecule has 1 aliphatic heterocycles. The van der Waals surface area contributed by atoms with Gasteiger partial charge in [0, 0.05) is 25.4 Å². The second kappa shape index (κ2) is 8.19. The number of fused-ring (bicyclic) bond motifs is 1. The van der Waals surface area contributed by atoms with Crippen molar-refractivity contribution in [2.24, 2.45) is 0 Å². The molecule has 0 saturated carbocycles. The van der Waals surface area contributed by atoms with Gasteiger partial charge in [0.2, 0.25) is 0 Å². The molecule has 0 radical (unpaired) electrons. The summed E-state index contributed by atoms with van der Waals surface area (Å²) in [4.78, 5) is 22.8. The molecule has 0 bridgehead atoms. The highest BCUT2D eigenvalue weighted by Crippen LogP contribution is 2.35. The first-order chi connectivity index (χ1) is 15.4. The number of sulfone groups is 1. The lowest BCUT2D eigenvalue weighted by atomic mass is 10.2. The average Bonchev–Trinajstić information content (AvgIpc) is 3.19. The van der Waals surface area contributed by atoms with Crippen LogP contribution in [0.3, 0.4) is 0 Å². The molecule has 2 N–H and O–H groups in total. The highest BCUT2D eigenvalue weighted by molar-refractivity contribution is 7.91. The summed E-state index contributed by atoms with van der Waals surface area (Å²) in [6.07, 6.45) is 3.08. The van der Waals surface area contributed by atoms with E-state index in [-0.39, 0.29) is 11.5 Å². The molecule has 164 valence electrons. The van der Waals surface area contributed by atoms with Gasteiger partial charge in [-0.3, -0.25) is 0 Å². The van der Waals surface area contributed by atoms with Gasteiger partial charge in [0.05, 0.1) is 32.6 Å². The summed E-state index contributed by atoms with van der Waals surface area (Å²) in [7, 11) is -2.97. The maximum absolute atomic E-state index is 11.7. The number of nitrogens with zero attached hydrogens (tertiary/aromatic N) is 5. The van der Waals surface area contributed by atoms with E-state index in [9.17, 15) is 8.42 Å². The molecular formula is C20H17Cl2N7O2S. The number of pyridine rings is 1. The lowest BCUT2D eigenvalue weighted by Crippen LogP contribution is -2.40. The van der Waals surface area contributed by atoms with E-state index in [0.717, 1.165) is 5.52 Å². The molecule has 0 unspecified atom stereocenters. The van der Waals surface area contributed by atoms with Gasteiger partial charge in [0.15, 0.2) is 15.7 Å². The molecule has 1 fully saturated rings. The van der Waals surface area contributed by atoms with Gasteiger partial charge >= 0.3 is 0 Å². The van der Waals surface area contributed by atoms with Gasteiger partial charge in [-0.05, 0) is 18.2 Å². The third-order valence-corrected chi connectivity index (χ3v) is 7.41. The normalized spacial score (nSPS) is 15.8. The minimum Gasteiger partial charge on any atom is -0.354 e. The van der Waals surface area contributed by atoms with Gasteiger partial charge < -0.3 is 15.2 Å². The van der Waals surface area contributed by atoms with Gasteiger partial charge in [0.1, 0.15) is 29.3 Å². The topological polar surface area (TPSA) is 117 Å². The SMILES string of the molecule is O=S1(=O)CCN(c2cc(Nc3nccc4[nH]c(-c5c(Cl)cccc5Cl)nc34)ncn2)CC1. The molecule has 1 saturated heterocycles. The molecule has 0 amide bonds. The zero-order valence-electron chi connectivity index (χ0n) is 16.6. The first-order valence-electron chi connectivity index (χ1n) is 9.73. The molecule has 5 rings (SSSR count). The van der Waals surface area contributed by atoms with Gasteiger partial charge in [0.25, 0.3) is 0 Å². The maximum Gasteiger partial charge on any atom is 0.159 e. The van der Waals surface area contributed by atoms with Crippen LogP contribution in [0.25, 0.3) is 22.4 Å². The van der Waals surface area contributed by atoms with Crippen LogP contribution in [0, 0.1) is 0 Å². The number of benzene rings is 1. The van der Waals surface area contributed by atoms with Crippen molar-refractivity contribution < 1.29 is 8.42 Å². The quantitative estimate of drug-likeness (QED) is 0.445. The van der Waals surface area contributed by atoms with Gasteiger partial charge in [-0.15, -0.1) is 0 Å². The van der Waals surface area contributed by atoms with Crippen molar-refractivity contribution in [3.8, 4) is 11.4 Å². The van der Waals surface area contributed by atoms with E-state index in [1.807, 2.05) is 4.90 Å². The molecule has 3 aromatic heterocycles. The fourth-order valence-corrected chi connectivity index (χ4v) is 5.30. The summed E-state index contributed by atoms with van der Waals surface area (Å²) in [6, 6.07) is 8.84. The second-order valence-corrected chi connectivity index (χ2v) is 10.4. The lowest BCUT2D eigenvalue weighted by Gasteiger charge is -2.27. The van der Waals surface area contributed by atoms with Crippen molar-refractivity contribution in [3.05, 3.63) is 52.9 Å². The van der Waals surface area contributed by atoms with E-state index in [4.69, 9.17) is 23.2 Å². The van der Waals surface area contributed by atoms with Crippen LogP contribution < -0.4 is 10.2 Å². The fourth-order valence-electron chi connectivity index (χ4n) is 3.52. The van der Waals surface area contributed by atoms with Crippen molar-refractivity contribution in [1.82, 2.24) is 24.9 Å². The minimum atomic E-state index is -2.97. The summed E-state index contributed by atoms with van der Waals surface area (Å²) in [6.45, 7) is 0.794. The Balaban J connectivity index is 1.46. The monoisotopic (exact) mass is 489 g/mol. The summed E-state index contributed by atoms with van der Waals surface area (Å²) in [5, 5.41) is 4.16. The van der Waals surface area contributed by atoms with E-state index in [1.54, 1.807) is 36.5 Å². The Morgan fingerprint density at radius 3 is 2.53 bits per heavy atom. The van der Waals surface area contributed by atoms with E-state index in [2.05, 4.69) is 30.2 Å². The number of nitrogens with one attached hydrogen (secondary N) is 2. The number of hydrogen-bond donors (Lipinski definition) is 2. The van der Waals surface area contributed by atoms with Crippen LogP contribution in [0.5, 0.6) is 0 Å². The molecule has 0 atom stereocenters. The van der Waals surface area contributed by atoms with Gasteiger partial charge in [-0.1, -0.05) is 29.3 Å². The fraction of sp³-hybridized carbons (Fsp3) is 0.200. The van der Waals surface area contributed by atoms with Crippen LogP contribution in [0.1, 0.15) is 0 Å². The molecule has 0 aliphatic carbocycles. The predicted octanol–water partition coefficient (Wildman–Crippen LogP) is 3.70. The zero-order chi connectivity index (χ0) is 22.3. The third kappa shape index (κ3) is 4.08. The molecule has 1 aliphatic rings. The zero-order valence-corrected chi connectivity index (χ0v) is 18.9. The number of rotatable bonds is 4. The average molecular weight is 490 g/mol. The van der Waals surface area contributed by atoms with Crippen LogP contribution in [-0.4, -0.2) is 57.9 Å². The number of H-pyrrole nitrogens is 1. The molecule has 4 heterocycles. The van der Waals surface area contributed by atoms with Crippen molar-refractivity contribution in [2.75, 3.05) is 34.8 Å². The van der Waals surface area contributed by atoms with Crippen LogP contribution in [-0.2, 0) is 9.84 Å². The molecule has 9 nitrogen and oxygen atoms in total. The number of hydrogen-bond acceptors (Lipinski definition) is 8. The standard InChI is InChI=1S/C20H17Cl2N7O2S/c21-12-2-1-3-13(22)17(12)19-26-14-4-5-23-20(18(14)28-19)27-15-10-16(25-11-24-15)29-6-8-32(30,31)9-7-29/h1-5,10-11H,6-9H2,(H,26,28)(H,23,24,25,27). The Hall–Kier alpha value is -2.95. The number of aromatic amines is 1. The first-order valence-corrected chi connectivity index (χ1v) is 12.3. The summed E-state index contributed by atoms with van der Waals surface area (Å²) in [5.41, 5.74) is 1.97. The Kier molecular flexibility index (Phi) is 5.36. The first kappa shape index (κ1) is 20.9. The third-order valence-electron chi connectivity index (χ3n) is 5.17. The number of halogens is 2. The van der Waals surface area contributed by atoms with Crippen LogP contribution in [0.4, 0.5) is 17.5 Å². The largest absolute Gasteiger partial charge is 0.354 e. The van der Waals surface area contributed by atoms with Crippen LogP contribution in [0.15, 0.2) is 42.9 Å². The lowest BCUT2D eigenvalue weighted by molar-refractivity contribution is 0.586. The smallest absolute Gasteiger partial charge is 0.159 e. The molecule has 1 aromatic carbocycles. The molecule has 12 heteroatoms. The summed E-state index contributed by atoms with van der Waals surface area (Å²) in [5.74, 6) is 2.42. The molecule has 32 heavy (non-hydrogen) atoms. The maximum atomic E-state index is 11.7. The predicted molar refractivity (Wildman–Crippen MR) is 126 cm³/mol. The van der Waals surface area contributed by atoms with E-state index < -0.39 is 9.84 Å². The Morgan fingerprint density at radius 1 is 1.03 bits per heavy atom. The number of aromatic nitrogens is 5. The number of anilines is 3. The van der Waals surface area contributed by atoms with Crippen molar-refractivity contribution >= 4 is 61.5 Å². The highest BCUT2D eigenvalue weighted by atomic mass is 35.5. The van der Waals surface area contributed by atoms with Crippen LogP contribution in [0.2, 0.25) is 10.0 Å². The van der Waals surface area contributed by atoms with E-state index >= 15 is 0 Å². The Morgan fingerprint density at radius 2 is 1.78 bits per heavy atom. The van der Waals surface area contributed by atoms with Gasteiger partial charge in [-0.2, -0.15) is 0 Å². The van der Waals surface area contributed by atoms with Crippen molar-refractivity contribution in [2.45, 2.75) is 0 Å². The summed E-state index contributed by atoms with van der Waals surface area (Å²) < 4.78 is 23.4. The highest BCUT2D eigenvalue weighted by Gasteiger charge is 2.23. The van der Waals surface area contributed by atoms with Gasteiger partial charge in [-0.25, -0.2) is 28.4 Å². The van der Waals surface area contributed by atoms with Crippen molar-refractivity contribution in [1.29, 1.82) is 0 Å². The Labute approximate surface area is 193 Å². The molecule has 0 spiro atoms. The van der Waals surface area contributed by atoms with E-state index in [0.29, 0.717) is 57.5 Å². The second-order valence-electron chi connectivity index (χ2n) is 7.26. The molecule has 4 aromatic rings. The van der Waals surface area contributed by atoms with E-state index in [1.165, 1.54) is 6.33 Å².